The lowest BCUT2D eigenvalue weighted by molar-refractivity contribution is -0.119. The molecule has 0 saturated carbocycles. The van der Waals surface area contributed by atoms with Crippen LogP contribution < -0.4 is 64.4 Å². The third kappa shape index (κ3) is 1010. The highest BCUT2D eigenvalue weighted by molar-refractivity contribution is 7.89. The highest BCUT2D eigenvalue weighted by Crippen LogP contribution is 1.76. The Balaban J connectivity index is -0.0000000262. The van der Waals surface area contributed by atoms with Crippen LogP contribution in [0.3, 0.4) is 0 Å². The number of nitrogens with zero attached hydrogens (tertiary/aromatic N) is 4. The van der Waals surface area contributed by atoms with E-state index in [1.165, 1.54) is 83.1 Å². The van der Waals surface area contributed by atoms with E-state index < -0.39 is 40.1 Å². The van der Waals surface area contributed by atoms with Crippen LogP contribution in [-0.2, 0) is 78.4 Å². The fraction of sp³-hybridized carbons (Fsp3) is 0.667. The highest BCUT2D eigenvalue weighted by Gasteiger charge is 1.95. The number of carbonyl (C=O) groups is 8. The van der Waals surface area contributed by atoms with E-state index in [1.54, 1.807) is 37.4 Å². The van der Waals surface area contributed by atoms with Crippen molar-refractivity contribution in [3.63, 3.8) is 0 Å². The maximum absolute atomic E-state index is 10.3. The molecule has 0 aliphatic carbocycles. The number of carbonyl (C=O) groups excluding carboxylic acids is 8. The summed E-state index contributed by atoms with van der Waals surface area (Å²) < 4.78 is 80.3. The van der Waals surface area contributed by atoms with Crippen molar-refractivity contribution in [2.75, 3.05) is 25.0 Å². The molecule has 0 aliphatic rings. The van der Waals surface area contributed by atoms with Gasteiger partial charge in [-0.1, -0.05) is 111 Å². The van der Waals surface area contributed by atoms with Gasteiger partial charge in [-0.2, -0.15) is 30.1 Å². The van der Waals surface area contributed by atoms with E-state index in [0.29, 0.717) is 11.4 Å². The normalized spacial score (nSPS) is 7.21. The van der Waals surface area contributed by atoms with Crippen LogP contribution in [0.15, 0.2) is 73.0 Å². The number of hydrogen-bond acceptors (Lipinski definition) is 24. The van der Waals surface area contributed by atoms with Crippen LogP contribution >= 0.6 is 0 Å². The van der Waals surface area contributed by atoms with Crippen LogP contribution in [0.2, 0.25) is 0 Å². The Labute approximate surface area is 590 Å². The van der Waals surface area contributed by atoms with Gasteiger partial charge in [0.15, 0.2) is 0 Å². The van der Waals surface area contributed by atoms with E-state index in [9.17, 15) is 72.0 Å². The predicted octanol–water partition coefficient (Wildman–Crippen LogP) is 9.51. The number of hydrogen-bond donors (Lipinski definition) is 12. The van der Waals surface area contributed by atoms with Gasteiger partial charge in [0.05, 0.1) is 25.0 Å². The topological polar surface area (TPSA) is 523 Å². The van der Waals surface area contributed by atoms with E-state index in [4.69, 9.17) is 0 Å². The van der Waals surface area contributed by atoms with Gasteiger partial charge in [-0.05, 0) is 111 Å². The summed E-state index contributed by atoms with van der Waals surface area (Å²) in [6, 6.07) is 0. The minimum atomic E-state index is -3.16. The number of nitrogens with one attached hydrogen (secondary N) is 8. The highest BCUT2D eigenvalue weighted by atomic mass is 32.2. The van der Waals surface area contributed by atoms with Crippen molar-refractivity contribution in [3.8, 4) is 0 Å². The Hall–Kier alpha value is -6.64. The van der Waals surface area contributed by atoms with Crippen molar-refractivity contribution in [2.24, 2.45) is 43.8 Å². The van der Waals surface area contributed by atoms with Crippen LogP contribution in [0.1, 0.15) is 249 Å². The number of Topliss-reactive ketones (excluding diaryl/α,β-unsaturated/α-hetero) is 4. The SMILES string of the molecule is C=C.C=C.C=C.C=C.CC.CC.CC.CC.CC.CC.CC.CC.CC(=O)NN.CC(=O)NN.CC(=O)NN=C(C)C.CC(=O)NN=C(C)C.CC(C)=NNS(C)(=O)=O.CC(C)=NNS(C)(=O)=O.CC(C)=O.CC(C)=O.CC(C)=O.CC(C)=O.CS(=O)(=O)NN.CS(=O)(=O)NN. The van der Waals surface area contributed by atoms with Crippen molar-refractivity contribution >= 4 is 110 Å². The van der Waals surface area contributed by atoms with Gasteiger partial charge in [0, 0.05) is 50.5 Å². The number of amides is 4. The number of nitrogens with two attached hydrogens (primary N) is 4. The summed E-state index contributed by atoms with van der Waals surface area (Å²) >= 11 is 0. The maximum Gasteiger partial charge on any atom is 0.244 e. The van der Waals surface area contributed by atoms with Gasteiger partial charge in [0.1, 0.15) is 23.1 Å². The van der Waals surface area contributed by atoms with E-state index in [0.717, 1.165) is 36.4 Å². The molecule has 0 aliphatic heterocycles. The fourth-order valence-corrected chi connectivity index (χ4v) is 1.43. The first-order chi connectivity index (χ1) is 43.7. The molecule has 36 heteroatoms. The molecule has 0 heterocycles. The number of hydrazine groups is 4. The average molecular weight is 1480 g/mol. The average Bonchev–Trinajstić information content (AvgIpc) is 3.51. The molecule has 0 rings (SSSR count). The van der Waals surface area contributed by atoms with E-state index in [2.05, 4.69) is 107 Å². The zero-order valence-electron chi connectivity index (χ0n) is 67.9. The van der Waals surface area contributed by atoms with Gasteiger partial charge in [0.25, 0.3) is 0 Å². The van der Waals surface area contributed by atoms with Crippen molar-refractivity contribution in [1.82, 2.24) is 41.0 Å². The zero-order valence-corrected chi connectivity index (χ0v) is 71.2. The molecule has 0 unspecified atom stereocenters. The minimum Gasteiger partial charge on any atom is -0.300 e. The fourth-order valence-electron chi connectivity index (χ4n) is 0.729. The molecule has 0 saturated heterocycles. The molecule has 0 atom stereocenters. The lowest BCUT2D eigenvalue weighted by Crippen LogP contribution is -2.28. The standard InChI is InChI=1S/2C5H10N2O.2C4H10N2O2S.4C3H6O.2C2H6N2O.8C2H6.4C2H4.2CH6N2O2S/c2*1-4(2)6-7-5(3)8;2*1-4(2)5-6-9(3,7)8;4*1-3(2)4;2*1-2(5)4-3;12*1-2;2*1-6(4,5)3-2/h2*1-3H3,(H,7,8);2*6H,1-3H3;4*1-2H3;2*3H2,1H3,(H,4,5);8*1-2H3;4*1-2H2;2*3H,2H2,1H3. The summed E-state index contributed by atoms with van der Waals surface area (Å²) in [7, 11) is -12.6. The minimum absolute atomic E-state index is 0.133. The van der Waals surface area contributed by atoms with E-state index >= 15 is 0 Å². The lowest BCUT2D eigenvalue weighted by Gasteiger charge is -1.93. The summed E-state index contributed by atoms with van der Waals surface area (Å²) in [5.74, 6) is 18.0. The Morgan fingerprint density at radius 2 is 0.344 bits per heavy atom. The van der Waals surface area contributed by atoms with Crippen LogP contribution in [0.25, 0.3) is 0 Å². The third-order valence-electron chi connectivity index (χ3n) is 2.58. The first kappa shape index (κ1) is 163. The molecule has 0 radical (unpaired) electrons. The van der Waals surface area contributed by atoms with E-state index in [1.807, 2.05) is 159 Å². The Morgan fingerprint density at radius 3 is 0.365 bits per heavy atom. The molecule has 0 aromatic carbocycles. The predicted molar refractivity (Wildman–Crippen MR) is 420 cm³/mol. The molecule has 592 valence electrons. The lowest BCUT2D eigenvalue weighted by atomic mass is 10.5. The van der Waals surface area contributed by atoms with Crippen LogP contribution in [0.5, 0.6) is 0 Å². The Kier molecular flexibility index (Phi) is 269. The smallest absolute Gasteiger partial charge is 0.244 e. The molecular formula is C60H152N16O16S4. The summed E-state index contributed by atoms with van der Waals surface area (Å²) in [5, 5.41) is 14.2. The molecule has 96 heavy (non-hydrogen) atoms. The quantitative estimate of drug-likeness (QED) is 0.0353. The first-order valence-electron chi connectivity index (χ1n) is 29.4. The van der Waals surface area contributed by atoms with Crippen molar-refractivity contribution in [2.45, 2.75) is 249 Å². The summed E-state index contributed by atoms with van der Waals surface area (Å²) in [6.07, 6.45) is 4.07. The Morgan fingerprint density at radius 1 is 0.250 bits per heavy atom. The van der Waals surface area contributed by atoms with Gasteiger partial charge in [-0.3, -0.25) is 41.7 Å². The Bertz CT molecular complexity index is 1970. The van der Waals surface area contributed by atoms with Crippen LogP contribution in [0, 0.1) is 0 Å². The van der Waals surface area contributed by atoms with Gasteiger partial charge in [0.2, 0.25) is 63.7 Å². The molecule has 0 fully saturated rings. The molecule has 16 N–H and O–H groups in total. The van der Waals surface area contributed by atoms with Crippen molar-refractivity contribution in [3.05, 3.63) is 52.6 Å². The largest absolute Gasteiger partial charge is 0.300 e. The second kappa shape index (κ2) is 158. The van der Waals surface area contributed by atoms with Crippen LogP contribution in [0.4, 0.5) is 0 Å². The number of rotatable bonds is 8. The summed E-state index contributed by atoms with van der Waals surface area (Å²) in [5.41, 5.74) is 11.4. The van der Waals surface area contributed by atoms with E-state index in [-0.39, 0.29) is 46.8 Å². The second-order valence-electron chi connectivity index (χ2n) is 14.1. The molecule has 0 spiro atoms. The van der Waals surface area contributed by atoms with Gasteiger partial charge >= 0.3 is 0 Å². The second-order valence-corrected chi connectivity index (χ2v) is 21.1. The number of hydrazone groups is 4. The third-order valence-corrected chi connectivity index (χ3v) is 4.28. The van der Waals surface area contributed by atoms with Gasteiger partial charge in [-0.25, -0.2) is 65.9 Å². The number of ketones is 4. The molecule has 32 nitrogen and oxygen atoms in total. The summed E-state index contributed by atoms with van der Waals surface area (Å²) in [4.78, 5) is 84.3. The van der Waals surface area contributed by atoms with Gasteiger partial charge < -0.3 is 19.2 Å². The molecule has 0 aromatic rings. The molecule has 4 amide bonds. The van der Waals surface area contributed by atoms with Crippen molar-refractivity contribution in [1.29, 1.82) is 0 Å². The maximum atomic E-state index is 10.3. The molecule has 0 aromatic heterocycles. The monoisotopic (exact) mass is 1480 g/mol. The van der Waals surface area contributed by atoms with Crippen LogP contribution in [-0.4, -0.2) is 128 Å². The summed E-state index contributed by atoms with van der Waals surface area (Å²) in [6.45, 7) is 87.9. The zero-order chi connectivity index (χ0) is 85.4. The molecular weight excluding hydrogens is 1330 g/mol. The number of sulfonamides is 4. The molecule has 0 bridgehead atoms. The van der Waals surface area contributed by atoms with Gasteiger partial charge in [-0.15, -0.1) is 52.6 Å². The first-order valence-corrected chi connectivity index (χ1v) is 36.9. The van der Waals surface area contributed by atoms with Crippen molar-refractivity contribution < 1.29 is 72.0 Å².